The molecule has 0 aliphatic carbocycles. The smallest absolute Gasteiger partial charge is 0.325 e. The number of nitrogen functional groups attached to an aromatic ring is 1. The van der Waals surface area contributed by atoms with Gasteiger partial charge in [-0.05, 0) is 23.6 Å². The molecule has 7 heterocycles. The highest BCUT2D eigenvalue weighted by molar-refractivity contribution is 8.60. The van der Waals surface area contributed by atoms with Crippen LogP contribution in [0.2, 0.25) is 0 Å². The number of hydrogen-bond acceptors (Lipinski definition) is 15. The second-order valence-electron chi connectivity index (χ2n) is 10.0. The molecule has 7 rings (SSSR count). The fourth-order valence-electron chi connectivity index (χ4n) is 5.23. The van der Waals surface area contributed by atoms with Gasteiger partial charge in [0.1, 0.15) is 24.4 Å². The Hall–Kier alpha value is -2.27. The zero-order valence-corrected chi connectivity index (χ0v) is 26.5. The Labute approximate surface area is 264 Å². The van der Waals surface area contributed by atoms with Crippen LogP contribution in [0.5, 0.6) is 0 Å². The van der Waals surface area contributed by atoms with Gasteiger partial charge in [-0.15, -0.1) is 0 Å². The summed E-state index contributed by atoms with van der Waals surface area (Å²) in [6, 6.07) is 0. The average molecular weight is 728 g/mol. The molecule has 10 atom stereocenters. The lowest BCUT2D eigenvalue weighted by molar-refractivity contribution is -0.0568. The Kier molecular flexibility index (Phi) is 7.98. The van der Waals surface area contributed by atoms with Gasteiger partial charge in [0.15, 0.2) is 47.1 Å². The van der Waals surface area contributed by atoms with Crippen molar-refractivity contribution in [2.75, 3.05) is 18.9 Å². The van der Waals surface area contributed by atoms with E-state index >= 15 is 8.78 Å². The Bertz CT molecular complexity index is 2010. The molecule has 2 unspecified atom stereocenters. The molecular formula is C20H21F2N9O9P2S3. The van der Waals surface area contributed by atoms with Crippen LogP contribution in [0.1, 0.15) is 12.5 Å². The van der Waals surface area contributed by atoms with Crippen LogP contribution in [0.15, 0.2) is 28.6 Å². The molecule has 0 radical (unpaired) electrons. The number of alkyl halides is 2. The molecule has 0 aromatic carbocycles. The van der Waals surface area contributed by atoms with Gasteiger partial charge in [0.25, 0.3) is 11.1 Å². The highest BCUT2D eigenvalue weighted by Crippen LogP contribution is 2.58. The maximum absolute atomic E-state index is 16.0. The number of imidazole rings is 2. The molecule has 0 amide bonds. The van der Waals surface area contributed by atoms with E-state index in [1.807, 2.05) is 0 Å². The molecule has 3 fully saturated rings. The number of aromatic nitrogens is 8. The second-order valence-corrected chi connectivity index (χ2v) is 18.0. The molecule has 18 nitrogen and oxygen atoms in total. The lowest BCUT2D eigenvalue weighted by atomic mass is 10.1. The molecule has 5 N–H and O–H groups in total. The number of anilines is 1. The van der Waals surface area contributed by atoms with E-state index < -0.39 is 86.0 Å². The summed E-state index contributed by atoms with van der Waals surface area (Å²) in [5.74, 6) is -0.242. The summed E-state index contributed by atoms with van der Waals surface area (Å²) in [5.41, 5.74) is 0.608. The number of nitrogens with one attached hydrogen (secondary N) is 2. The number of ether oxygens (including phenoxy) is 2. The van der Waals surface area contributed by atoms with Crippen molar-refractivity contribution in [1.82, 2.24) is 39.0 Å². The van der Waals surface area contributed by atoms with Crippen molar-refractivity contribution >= 4 is 76.6 Å². The zero-order chi connectivity index (χ0) is 31.8. The predicted octanol–water partition coefficient (Wildman–Crippen LogP) is 0.494. The minimum Gasteiger partial charge on any atom is -0.369 e. The third-order valence-corrected chi connectivity index (χ3v) is 11.0. The Morgan fingerprint density at radius 3 is 2.36 bits per heavy atom. The van der Waals surface area contributed by atoms with Crippen LogP contribution in [0.4, 0.5) is 14.7 Å². The fourth-order valence-corrected chi connectivity index (χ4v) is 8.59. The van der Waals surface area contributed by atoms with Gasteiger partial charge in [-0.25, -0.2) is 23.7 Å². The summed E-state index contributed by atoms with van der Waals surface area (Å²) in [6.07, 6.45) is -9.20. The molecule has 3 aliphatic heterocycles. The standard InChI is InChI=1S/C20H21F2N9O9P2S3/c21-8-6-1-36-42(44,45)40-12-7(38-18(9(12)22)30-4-26-10-14(30)24-3-25-16(10)32)2-35-41(34,43)39-13(8)19(37-6)31-5-27-11-15(31)28-20(23)29-17(11)33/h3-9,12-13,18-19H,1-2H2,(H,34,43)(H,44,45)(H,24,25,32)(H3,23,28,29,33)/t6-,7-,8-,9+,12-,13-,18-,19-,41?/m1/s1. The summed E-state index contributed by atoms with van der Waals surface area (Å²) in [6.45, 7) is -5.49. The van der Waals surface area contributed by atoms with Gasteiger partial charge in [0.2, 0.25) is 11.6 Å². The first-order chi connectivity index (χ1) is 21.3. The summed E-state index contributed by atoms with van der Waals surface area (Å²) in [7, 11) is 0. The number of halogens is 2. The molecule has 4 aromatic rings. The fraction of sp³-hybridized carbons (Fsp3) is 0.500. The molecule has 3 saturated heterocycles. The van der Waals surface area contributed by atoms with E-state index in [1.165, 1.54) is 15.5 Å². The molecule has 25 heteroatoms. The number of thiol groups is 1. The lowest BCUT2D eigenvalue weighted by Crippen LogP contribution is -2.34. The first kappa shape index (κ1) is 31.3. The van der Waals surface area contributed by atoms with Crippen LogP contribution in [0.3, 0.4) is 0 Å². The summed E-state index contributed by atoms with van der Waals surface area (Å²) < 4.78 is 68.7. The monoisotopic (exact) mass is 727 g/mol. The first-order valence-corrected chi connectivity index (χ1v) is 19.2. The van der Waals surface area contributed by atoms with Gasteiger partial charge in [0.05, 0.1) is 32.2 Å². The minimum atomic E-state index is -4.33. The Morgan fingerprint density at radius 2 is 1.60 bits per heavy atom. The summed E-state index contributed by atoms with van der Waals surface area (Å²) in [5, 5.41) is 0. The van der Waals surface area contributed by atoms with Crippen LogP contribution < -0.4 is 16.9 Å². The molecule has 45 heavy (non-hydrogen) atoms. The molecular weight excluding hydrogens is 706 g/mol. The maximum Gasteiger partial charge on any atom is 0.325 e. The highest BCUT2D eigenvalue weighted by atomic mass is 32.9. The molecule has 3 aliphatic rings. The van der Waals surface area contributed by atoms with Crippen molar-refractivity contribution in [2.45, 2.75) is 49.2 Å². The maximum atomic E-state index is 16.0. The Morgan fingerprint density at radius 1 is 0.933 bits per heavy atom. The molecule has 4 aromatic heterocycles. The normalized spacial score (nSPS) is 37.7. The van der Waals surface area contributed by atoms with Crippen molar-refractivity contribution < 1.29 is 41.2 Å². The van der Waals surface area contributed by atoms with E-state index in [-0.39, 0.29) is 28.3 Å². The quantitative estimate of drug-likeness (QED) is 0.140. The third kappa shape index (κ3) is 5.68. The van der Waals surface area contributed by atoms with Gasteiger partial charge in [-0.2, -0.15) is 4.98 Å². The van der Waals surface area contributed by atoms with Gasteiger partial charge in [-0.1, -0.05) is 12.2 Å². The van der Waals surface area contributed by atoms with Crippen molar-refractivity contribution in [2.24, 2.45) is 0 Å². The van der Waals surface area contributed by atoms with E-state index in [4.69, 9.17) is 56.9 Å². The first-order valence-electron chi connectivity index (χ1n) is 12.8. The van der Waals surface area contributed by atoms with Crippen LogP contribution in [-0.4, -0.2) is 93.9 Å². The van der Waals surface area contributed by atoms with Crippen molar-refractivity contribution in [1.29, 1.82) is 0 Å². The van der Waals surface area contributed by atoms with E-state index in [2.05, 4.69) is 42.2 Å². The van der Waals surface area contributed by atoms with Crippen molar-refractivity contribution in [3.8, 4) is 0 Å². The number of aromatic amines is 2. The number of hydrogen-bond donors (Lipinski definition) is 5. The Balaban J connectivity index is 1.21. The third-order valence-electron chi connectivity index (χ3n) is 7.21. The summed E-state index contributed by atoms with van der Waals surface area (Å²) >= 11 is 14.9. The van der Waals surface area contributed by atoms with Gasteiger partial charge < -0.3 is 38.7 Å². The SMILES string of the molecule is Nc1nc2c(ncn2[C@@H]2O[C@@H]3COP(=S)(S)O[C@H]4[C@H](F)[C@H](n5cnc6c(=O)[nH]cnc65)O[C@@H]4COP(O)(=S)O[C@@H]2[C@@H]3F)c(=O)[nH]1. The van der Waals surface area contributed by atoms with Crippen molar-refractivity contribution in [3.05, 3.63) is 39.7 Å². The van der Waals surface area contributed by atoms with Gasteiger partial charge in [0, 0.05) is 0 Å². The number of fused-ring (bicyclic) bond motifs is 5. The summed E-state index contributed by atoms with van der Waals surface area (Å²) in [4.78, 5) is 56.2. The number of nitrogens with zero attached hydrogens (tertiary/aromatic N) is 6. The van der Waals surface area contributed by atoms with Crippen LogP contribution in [-0.2, 0) is 51.2 Å². The van der Waals surface area contributed by atoms with Gasteiger partial charge >= 0.3 is 6.72 Å². The van der Waals surface area contributed by atoms with E-state index in [0.29, 0.717) is 0 Å². The largest absolute Gasteiger partial charge is 0.369 e. The van der Waals surface area contributed by atoms with Gasteiger partial charge in [-0.3, -0.25) is 28.2 Å². The highest BCUT2D eigenvalue weighted by Gasteiger charge is 2.53. The molecule has 0 spiro atoms. The van der Waals surface area contributed by atoms with Crippen LogP contribution >= 0.6 is 24.7 Å². The molecule has 242 valence electrons. The van der Waals surface area contributed by atoms with E-state index in [1.54, 1.807) is 0 Å². The average Bonchev–Trinajstić information content (AvgIpc) is 3.72. The lowest BCUT2D eigenvalue weighted by Gasteiger charge is -2.28. The second kappa shape index (κ2) is 11.5. The van der Waals surface area contributed by atoms with Crippen molar-refractivity contribution in [3.63, 3.8) is 0 Å². The molecule has 2 bridgehead atoms. The number of nitrogens with two attached hydrogens (primary N) is 1. The van der Waals surface area contributed by atoms with Crippen LogP contribution in [0.25, 0.3) is 22.3 Å². The van der Waals surface area contributed by atoms with Crippen LogP contribution in [0, 0.1) is 0 Å². The van der Waals surface area contributed by atoms with E-state index in [9.17, 15) is 14.5 Å². The number of rotatable bonds is 2. The topological polar surface area (TPSA) is 229 Å². The predicted molar refractivity (Wildman–Crippen MR) is 160 cm³/mol. The minimum absolute atomic E-state index is 0.0253. The van der Waals surface area contributed by atoms with E-state index in [0.717, 1.165) is 12.7 Å². The zero-order valence-electron chi connectivity index (χ0n) is 22.2. The molecule has 0 saturated carbocycles. The number of H-pyrrole nitrogens is 2.